The van der Waals surface area contributed by atoms with Crippen LogP contribution < -0.4 is 0 Å². The van der Waals surface area contributed by atoms with Crippen LogP contribution in [0, 0.1) is 6.92 Å². The molecule has 0 radical (unpaired) electrons. The molecule has 1 aromatic rings. The van der Waals surface area contributed by atoms with Crippen LogP contribution in [-0.4, -0.2) is 44.3 Å². The van der Waals surface area contributed by atoms with E-state index in [9.17, 15) is 9.90 Å². The fourth-order valence-electron chi connectivity index (χ4n) is 2.57. The first-order valence-electron chi connectivity index (χ1n) is 5.40. The molecule has 1 aromatic heterocycles. The Morgan fingerprint density at radius 3 is 2.94 bits per heavy atom. The van der Waals surface area contributed by atoms with Gasteiger partial charge in [0.05, 0.1) is 18.3 Å². The van der Waals surface area contributed by atoms with E-state index >= 15 is 0 Å². The highest BCUT2D eigenvalue weighted by atomic mass is 16.3. The fourth-order valence-corrected chi connectivity index (χ4v) is 2.57. The van der Waals surface area contributed by atoms with Gasteiger partial charge < -0.3 is 10.0 Å². The summed E-state index contributed by atoms with van der Waals surface area (Å²) in [6, 6.07) is 1.93. The normalized spacial score (nSPS) is 31.4. The average molecular weight is 219 g/mol. The molecule has 0 unspecified atom stereocenters. The summed E-state index contributed by atoms with van der Waals surface area (Å²) in [5.74, 6) is -0.116. The third-order valence-electron chi connectivity index (χ3n) is 3.41. The van der Waals surface area contributed by atoms with Crippen molar-refractivity contribution < 1.29 is 9.90 Å². The molecule has 3 fully saturated rings. The number of fused-ring (bicyclic) bond motifs is 1. The van der Waals surface area contributed by atoms with Crippen molar-refractivity contribution in [3.63, 3.8) is 0 Å². The number of amides is 1. The van der Waals surface area contributed by atoms with Crippen LogP contribution in [0.2, 0.25) is 0 Å². The molecule has 3 heterocycles. The lowest BCUT2D eigenvalue weighted by Gasteiger charge is -2.31. The number of nitrogens with zero attached hydrogens (tertiary/aromatic N) is 3. The number of aryl methyl sites for hydroxylation is 1. The van der Waals surface area contributed by atoms with E-state index in [4.69, 9.17) is 0 Å². The molecule has 84 valence electrons. The van der Waals surface area contributed by atoms with Gasteiger partial charge in [-0.25, -0.2) is 0 Å². The minimum absolute atomic E-state index is 0.116. The Labute approximate surface area is 93.1 Å². The minimum atomic E-state index is -0.627. The lowest BCUT2D eigenvalue weighted by molar-refractivity contribution is 0.00705. The number of hydrogen-bond acceptors (Lipinski definition) is 4. The topological polar surface area (TPSA) is 66.3 Å². The van der Waals surface area contributed by atoms with E-state index in [0.29, 0.717) is 25.1 Å². The van der Waals surface area contributed by atoms with E-state index in [1.54, 1.807) is 17.2 Å². The van der Waals surface area contributed by atoms with Crippen LogP contribution in [0.3, 0.4) is 0 Å². The summed E-state index contributed by atoms with van der Waals surface area (Å²) in [5.41, 5.74) is 0.664. The summed E-state index contributed by atoms with van der Waals surface area (Å²) < 4.78 is 0. The zero-order valence-electron chi connectivity index (χ0n) is 9.05. The summed E-state index contributed by atoms with van der Waals surface area (Å²) in [4.78, 5) is 13.8. The van der Waals surface area contributed by atoms with Gasteiger partial charge in [0.2, 0.25) is 0 Å². The van der Waals surface area contributed by atoms with Gasteiger partial charge in [0.15, 0.2) is 5.69 Å². The number of hydrogen-bond donors (Lipinski definition) is 1. The Bertz CT molecular complexity index is 454. The van der Waals surface area contributed by atoms with Gasteiger partial charge in [-0.3, -0.25) is 4.79 Å². The third kappa shape index (κ3) is 1.31. The van der Waals surface area contributed by atoms with E-state index in [0.717, 1.165) is 5.56 Å². The molecule has 5 nitrogen and oxygen atoms in total. The van der Waals surface area contributed by atoms with Crippen LogP contribution in [0.25, 0.3) is 0 Å². The molecule has 3 aliphatic rings. The summed E-state index contributed by atoms with van der Waals surface area (Å²) in [6.45, 7) is 2.31. The Morgan fingerprint density at radius 2 is 2.38 bits per heavy atom. The first-order valence-corrected chi connectivity index (χ1v) is 5.40. The van der Waals surface area contributed by atoms with Gasteiger partial charge in [-0.15, -0.1) is 5.10 Å². The van der Waals surface area contributed by atoms with Crippen LogP contribution in [0.5, 0.6) is 0 Å². The van der Waals surface area contributed by atoms with E-state index in [2.05, 4.69) is 10.2 Å². The van der Waals surface area contributed by atoms with Gasteiger partial charge in [0.25, 0.3) is 5.91 Å². The van der Waals surface area contributed by atoms with Gasteiger partial charge in [0.1, 0.15) is 0 Å². The van der Waals surface area contributed by atoms with Crippen LogP contribution in [0.15, 0.2) is 12.3 Å². The first-order chi connectivity index (χ1) is 7.57. The molecule has 4 rings (SSSR count). The molecule has 5 heteroatoms. The smallest absolute Gasteiger partial charge is 0.274 e. The predicted octanol–water partition coefficient (Wildman–Crippen LogP) is 0.134. The molecule has 2 aliphatic heterocycles. The quantitative estimate of drug-likeness (QED) is 0.729. The van der Waals surface area contributed by atoms with Crippen molar-refractivity contribution in [1.29, 1.82) is 0 Å². The highest BCUT2D eigenvalue weighted by molar-refractivity contribution is 5.93. The number of aliphatic hydroxyl groups is 1. The number of aromatic nitrogens is 2. The molecule has 2 bridgehead atoms. The van der Waals surface area contributed by atoms with Crippen molar-refractivity contribution in [3.05, 3.63) is 23.5 Å². The monoisotopic (exact) mass is 219 g/mol. The molecule has 0 aromatic carbocycles. The molecule has 16 heavy (non-hydrogen) atoms. The number of carbonyl (C=O) groups is 1. The Kier molecular flexibility index (Phi) is 1.83. The molecule has 1 saturated carbocycles. The molecule has 0 spiro atoms. The Hall–Kier alpha value is -1.49. The van der Waals surface area contributed by atoms with Crippen molar-refractivity contribution in [2.45, 2.75) is 31.4 Å². The third-order valence-corrected chi connectivity index (χ3v) is 3.41. The van der Waals surface area contributed by atoms with Crippen LogP contribution >= 0.6 is 0 Å². The van der Waals surface area contributed by atoms with Crippen molar-refractivity contribution >= 4 is 5.91 Å². The number of rotatable bonds is 1. The van der Waals surface area contributed by atoms with Gasteiger partial charge >= 0.3 is 0 Å². The lowest BCUT2D eigenvalue weighted by Crippen LogP contribution is -2.40. The highest BCUT2D eigenvalue weighted by Gasteiger charge is 2.55. The van der Waals surface area contributed by atoms with Crippen LogP contribution in [0.4, 0.5) is 0 Å². The maximum Gasteiger partial charge on any atom is 0.274 e. The summed E-state index contributed by atoms with van der Waals surface area (Å²) in [5, 5.41) is 17.5. The van der Waals surface area contributed by atoms with Crippen LogP contribution in [0.1, 0.15) is 28.9 Å². The second kappa shape index (κ2) is 3.01. The Balaban J connectivity index is 1.84. The Morgan fingerprint density at radius 1 is 1.62 bits per heavy atom. The van der Waals surface area contributed by atoms with Gasteiger partial charge in [0, 0.05) is 6.04 Å². The van der Waals surface area contributed by atoms with E-state index in [1.807, 2.05) is 6.92 Å². The standard InChI is InChI=1S/C11H13N3O2/c1-7-2-9(13-12-5-7)10(15)14-6-11(16)3-8(14)4-11/h2,5,8,16H,3-4,6H2,1H3. The first kappa shape index (κ1) is 9.72. The fraction of sp³-hybridized carbons (Fsp3) is 0.545. The molecule has 1 N–H and O–H groups in total. The van der Waals surface area contributed by atoms with Gasteiger partial charge in [-0.05, 0) is 31.4 Å². The van der Waals surface area contributed by atoms with E-state index in [1.165, 1.54) is 0 Å². The highest BCUT2D eigenvalue weighted by Crippen LogP contribution is 2.44. The van der Waals surface area contributed by atoms with Crippen molar-refractivity contribution in [2.75, 3.05) is 6.54 Å². The van der Waals surface area contributed by atoms with Crippen molar-refractivity contribution in [3.8, 4) is 0 Å². The largest absolute Gasteiger partial charge is 0.388 e. The van der Waals surface area contributed by atoms with Crippen molar-refractivity contribution in [2.24, 2.45) is 0 Å². The summed E-state index contributed by atoms with van der Waals surface area (Å²) in [7, 11) is 0. The summed E-state index contributed by atoms with van der Waals surface area (Å²) >= 11 is 0. The van der Waals surface area contributed by atoms with Gasteiger partial charge in [-0.1, -0.05) is 0 Å². The molecular weight excluding hydrogens is 206 g/mol. The number of carbonyl (C=O) groups excluding carboxylic acids is 1. The van der Waals surface area contributed by atoms with Crippen LogP contribution in [-0.2, 0) is 0 Å². The summed E-state index contributed by atoms with van der Waals surface area (Å²) in [6.07, 6.45) is 3.03. The van der Waals surface area contributed by atoms with E-state index in [-0.39, 0.29) is 11.9 Å². The predicted molar refractivity (Wildman–Crippen MR) is 55.8 cm³/mol. The van der Waals surface area contributed by atoms with E-state index < -0.39 is 5.60 Å². The molecule has 1 amide bonds. The molecule has 2 saturated heterocycles. The maximum absolute atomic E-state index is 12.1. The second-order valence-electron chi connectivity index (χ2n) is 4.84. The van der Waals surface area contributed by atoms with Crippen molar-refractivity contribution in [1.82, 2.24) is 15.1 Å². The lowest BCUT2D eigenvalue weighted by atomic mass is 9.81. The molecular formula is C11H13N3O2. The maximum atomic E-state index is 12.1. The average Bonchev–Trinajstić information content (AvgIpc) is 2.70. The SMILES string of the molecule is Cc1cnnc(C(=O)N2CC3(O)CC2C3)c1. The second-order valence-corrected chi connectivity index (χ2v) is 4.84. The molecule has 1 aliphatic carbocycles. The zero-order valence-corrected chi connectivity index (χ0v) is 9.05. The molecule has 0 atom stereocenters. The zero-order chi connectivity index (χ0) is 11.3. The van der Waals surface area contributed by atoms with Gasteiger partial charge in [-0.2, -0.15) is 5.10 Å². The minimum Gasteiger partial charge on any atom is -0.388 e.